The van der Waals surface area contributed by atoms with Gasteiger partial charge in [-0.3, -0.25) is 4.79 Å². The fraction of sp³-hybridized carbons (Fsp3) is 0.706. The number of carbonyl (C=O) groups is 1. The van der Waals surface area contributed by atoms with Gasteiger partial charge in [-0.1, -0.05) is 26.7 Å². The minimum atomic E-state index is 0.0410. The number of anilines is 1. The zero-order valence-corrected chi connectivity index (χ0v) is 14.1. The van der Waals surface area contributed by atoms with Gasteiger partial charge in [0.15, 0.2) is 0 Å². The summed E-state index contributed by atoms with van der Waals surface area (Å²) in [6.07, 6.45) is 5.68. The summed E-state index contributed by atoms with van der Waals surface area (Å²) < 4.78 is 0. The molecule has 1 aromatic heterocycles. The third-order valence-corrected chi connectivity index (χ3v) is 3.97. The Labute approximate surface area is 133 Å². The van der Waals surface area contributed by atoms with Crippen molar-refractivity contribution in [3.63, 3.8) is 0 Å². The molecule has 5 heteroatoms. The number of hydrogen-bond acceptors (Lipinski definition) is 4. The van der Waals surface area contributed by atoms with E-state index in [0.29, 0.717) is 17.6 Å². The lowest BCUT2D eigenvalue weighted by Gasteiger charge is -2.20. The van der Waals surface area contributed by atoms with E-state index in [2.05, 4.69) is 29.1 Å². The topological polar surface area (TPSA) is 58.1 Å². The second-order valence-corrected chi connectivity index (χ2v) is 6.53. The van der Waals surface area contributed by atoms with Crippen molar-refractivity contribution in [2.45, 2.75) is 52.9 Å². The first-order valence-corrected chi connectivity index (χ1v) is 8.45. The van der Waals surface area contributed by atoms with Crippen LogP contribution in [0.5, 0.6) is 0 Å². The number of hydrogen-bond donors (Lipinski definition) is 1. The van der Waals surface area contributed by atoms with E-state index in [1.54, 1.807) is 6.07 Å². The van der Waals surface area contributed by atoms with Gasteiger partial charge in [0, 0.05) is 25.3 Å². The first-order valence-electron chi connectivity index (χ1n) is 8.45. The molecule has 1 aliphatic heterocycles. The molecule has 0 radical (unpaired) electrons. The normalized spacial score (nSPS) is 15.7. The highest BCUT2D eigenvalue weighted by molar-refractivity contribution is 5.92. The summed E-state index contributed by atoms with van der Waals surface area (Å²) in [7, 11) is 0. The lowest BCUT2D eigenvalue weighted by Crippen LogP contribution is -2.32. The number of aromatic nitrogens is 2. The summed E-state index contributed by atoms with van der Waals surface area (Å²) in [5.41, 5.74) is 1.35. The lowest BCUT2D eigenvalue weighted by atomic mass is 10.1. The van der Waals surface area contributed by atoms with E-state index < -0.39 is 0 Å². The molecule has 2 heterocycles. The molecule has 0 spiro atoms. The molecule has 0 aromatic carbocycles. The average Bonchev–Trinajstić information content (AvgIpc) is 2.74. The fourth-order valence-corrected chi connectivity index (χ4v) is 2.67. The number of rotatable bonds is 5. The molecule has 1 N–H and O–H groups in total. The highest BCUT2D eigenvalue weighted by atomic mass is 16.2. The van der Waals surface area contributed by atoms with Crippen LogP contribution in [0.2, 0.25) is 0 Å². The Morgan fingerprint density at radius 1 is 1.23 bits per heavy atom. The maximum Gasteiger partial charge on any atom is 0.272 e. The second-order valence-electron chi connectivity index (χ2n) is 6.53. The molecule has 2 rings (SSSR count). The van der Waals surface area contributed by atoms with Crippen molar-refractivity contribution in [3.05, 3.63) is 17.5 Å². The quantitative estimate of drug-likeness (QED) is 0.907. The lowest BCUT2D eigenvalue weighted by molar-refractivity contribution is 0.0755. The van der Waals surface area contributed by atoms with Crippen LogP contribution >= 0.6 is 0 Å². The Balaban J connectivity index is 2.05. The van der Waals surface area contributed by atoms with E-state index in [1.165, 1.54) is 12.8 Å². The Kier molecular flexibility index (Phi) is 6.16. The average molecular weight is 304 g/mol. The number of carbonyl (C=O) groups excluding carboxylic acids is 1. The van der Waals surface area contributed by atoms with E-state index in [-0.39, 0.29) is 5.91 Å². The summed E-state index contributed by atoms with van der Waals surface area (Å²) >= 11 is 0. The monoisotopic (exact) mass is 304 g/mol. The van der Waals surface area contributed by atoms with E-state index >= 15 is 0 Å². The maximum absolute atomic E-state index is 12.6. The number of amides is 1. The molecule has 0 saturated carbocycles. The largest absolute Gasteiger partial charge is 0.354 e. The van der Waals surface area contributed by atoms with Crippen LogP contribution in [0.15, 0.2) is 6.07 Å². The molecule has 5 nitrogen and oxygen atoms in total. The van der Waals surface area contributed by atoms with Crippen molar-refractivity contribution in [3.8, 4) is 0 Å². The van der Waals surface area contributed by atoms with Crippen LogP contribution < -0.4 is 5.32 Å². The maximum atomic E-state index is 12.6. The molecule has 22 heavy (non-hydrogen) atoms. The molecule has 0 aliphatic carbocycles. The van der Waals surface area contributed by atoms with E-state index in [0.717, 1.165) is 44.6 Å². The van der Waals surface area contributed by atoms with Gasteiger partial charge in [0.05, 0.1) is 0 Å². The Hall–Kier alpha value is -1.65. The van der Waals surface area contributed by atoms with Gasteiger partial charge in [-0.05, 0) is 38.2 Å². The van der Waals surface area contributed by atoms with Crippen LogP contribution in [0, 0.1) is 12.8 Å². The van der Waals surface area contributed by atoms with Crippen LogP contribution in [0.3, 0.4) is 0 Å². The SMILES string of the molecule is Cc1cc(C(=O)N2CCCCCC2)nc(NCCC(C)C)n1. The van der Waals surface area contributed by atoms with Crippen LogP contribution in [-0.2, 0) is 0 Å². The Bertz CT molecular complexity index is 493. The number of likely N-dealkylation sites (tertiary alicyclic amines) is 1. The van der Waals surface area contributed by atoms with Crippen LogP contribution in [0.1, 0.15) is 62.1 Å². The summed E-state index contributed by atoms with van der Waals surface area (Å²) in [6.45, 7) is 8.81. The van der Waals surface area contributed by atoms with Gasteiger partial charge in [-0.15, -0.1) is 0 Å². The Morgan fingerprint density at radius 3 is 2.55 bits per heavy atom. The van der Waals surface area contributed by atoms with Crippen molar-refractivity contribution < 1.29 is 4.79 Å². The Morgan fingerprint density at radius 2 is 1.91 bits per heavy atom. The second kappa shape index (κ2) is 8.11. The van der Waals surface area contributed by atoms with Gasteiger partial charge in [-0.2, -0.15) is 0 Å². The fourth-order valence-electron chi connectivity index (χ4n) is 2.67. The minimum Gasteiger partial charge on any atom is -0.354 e. The molecule has 0 unspecified atom stereocenters. The summed E-state index contributed by atoms with van der Waals surface area (Å²) in [5, 5.41) is 3.23. The predicted molar refractivity (Wildman–Crippen MR) is 89.1 cm³/mol. The predicted octanol–water partition coefficient (Wildman–Crippen LogP) is 3.26. The zero-order chi connectivity index (χ0) is 15.9. The van der Waals surface area contributed by atoms with Crippen molar-refractivity contribution in [1.82, 2.24) is 14.9 Å². The van der Waals surface area contributed by atoms with E-state index in [1.807, 2.05) is 11.8 Å². The first kappa shape index (κ1) is 16.7. The summed E-state index contributed by atoms with van der Waals surface area (Å²) in [6, 6.07) is 1.79. The number of nitrogens with zero attached hydrogens (tertiary/aromatic N) is 3. The standard InChI is InChI=1S/C17H28N4O/c1-13(2)8-9-18-17-19-14(3)12-15(20-17)16(22)21-10-6-4-5-7-11-21/h12-13H,4-11H2,1-3H3,(H,18,19,20). The molecule has 1 fully saturated rings. The van der Waals surface area contributed by atoms with Gasteiger partial charge < -0.3 is 10.2 Å². The third kappa shape index (κ3) is 4.97. The van der Waals surface area contributed by atoms with Crippen molar-refractivity contribution in [2.75, 3.05) is 25.0 Å². The molecule has 0 atom stereocenters. The van der Waals surface area contributed by atoms with Crippen LogP contribution in [0.4, 0.5) is 5.95 Å². The zero-order valence-electron chi connectivity index (χ0n) is 14.1. The summed E-state index contributed by atoms with van der Waals surface area (Å²) in [5.74, 6) is 1.24. The van der Waals surface area contributed by atoms with Crippen LogP contribution in [-0.4, -0.2) is 40.4 Å². The molecule has 0 bridgehead atoms. The summed E-state index contributed by atoms with van der Waals surface area (Å²) in [4.78, 5) is 23.4. The van der Waals surface area contributed by atoms with E-state index in [4.69, 9.17) is 0 Å². The molecule has 1 aliphatic rings. The highest BCUT2D eigenvalue weighted by Gasteiger charge is 2.19. The van der Waals surface area contributed by atoms with Gasteiger partial charge in [0.25, 0.3) is 5.91 Å². The van der Waals surface area contributed by atoms with E-state index in [9.17, 15) is 4.79 Å². The highest BCUT2D eigenvalue weighted by Crippen LogP contribution is 2.14. The van der Waals surface area contributed by atoms with Gasteiger partial charge in [0.1, 0.15) is 5.69 Å². The molecule has 1 aromatic rings. The number of aryl methyl sites for hydroxylation is 1. The smallest absolute Gasteiger partial charge is 0.272 e. The van der Waals surface area contributed by atoms with Crippen molar-refractivity contribution in [1.29, 1.82) is 0 Å². The molecule has 122 valence electrons. The van der Waals surface area contributed by atoms with Crippen LogP contribution in [0.25, 0.3) is 0 Å². The molecule has 1 saturated heterocycles. The van der Waals surface area contributed by atoms with Crippen molar-refractivity contribution >= 4 is 11.9 Å². The number of nitrogens with one attached hydrogen (secondary N) is 1. The van der Waals surface area contributed by atoms with Gasteiger partial charge in [0.2, 0.25) is 5.95 Å². The molecular weight excluding hydrogens is 276 g/mol. The van der Waals surface area contributed by atoms with Gasteiger partial charge in [-0.25, -0.2) is 9.97 Å². The minimum absolute atomic E-state index is 0.0410. The first-order chi connectivity index (χ1) is 10.6. The third-order valence-electron chi connectivity index (χ3n) is 3.97. The van der Waals surface area contributed by atoms with Crippen molar-refractivity contribution in [2.24, 2.45) is 5.92 Å². The molecule has 1 amide bonds. The van der Waals surface area contributed by atoms with Gasteiger partial charge >= 0.3 is 0 Å². The molecular formula is C17H28N4O.